The Morgan fingerprint density at radius 2 is 2.42 bits per heavy atom. The third kappa shape index (κ3) is 1.63. The Labute approximate surface area is 74.1 Å². The van der Waals surface area contributed by atoms with Crippen molar-refractivity contribution >= 4 is 0 Å². The van der Waals surface area contributed by atoms with Crippen LogP contribution in [0.25, 0.3) is 0 Å². The number of nitrogens with zero attached hydrogens (tertiary/aromatic N) is 1. The van der Waals surface area contributed by atoms with Gasteiger partial charge in [-0.05, 0) is 26.4 Å². The fraction of sp³-hybridized carbons (Fsp3) is 1.00. The van der Waals surface area contributed by atoms with Crippen molar-refractivity contribution in [3.8, 4) is 0 Å². The second-order valence-electron chi connectivity index (χ2n) is 3.83. The van der Waals surface area contributed by atoms with E-state index in [-0.39, 0.29) is 0 Å². The Morgan fingerprint density at radius 3 is 3.00 bits per heavy atom. The van der Waals surface area contributed by atoms with Gasteiger partial charge in [0.05, 0.1) is 13.2 Å². The van der Waals surface area contributed by atoms with E-state index in [1.54, 1.807) is 0 Å². The minimum atomic E-state index is 0.575. The van der Waals surface area contributed by atoms with Gasteiger partial charge in [-0.15, -0.1) is 0 Å². The van der Waals surface area contributed by atoms with E-state index in [1.807, 2.05) is 0 Å². The van der Waals surface area contributed by atoms with Crippen LogP contribution in [0.1, 0.15) is 12.8 Å². The molecular formula is C9H18N2O. The standard InChI is InChI=1S/C9H18N2O/c1-11-5-2-3-9(11)8-7-12-6-4-10-8/h8-10H,2-7H2,1H3/t8-,9+/m1/s1. The zero-order chi connectivity index (χ0) is 8.39. The Bertz CT molecular complexity index is 145. The van der Waals surface area contributed by atoms with Gasteiger partial charge in [0.15, 0.2) is 0 Å². The molecule has 2 fully saturated rings. The van der Waals surface area contributed by atoms with Crippen molar-refractivity contribution in [1.29, 1.82) is 0 Å². The van der Waals surface area contributed by atoms with Gasteiger partial charge in [0, 0.05) is 18.6 Å². The first-order valence-electron chi connectivity index (χ1n) is 4.89. The van der Waals surface area contributed by atoms with Crippen LogP contribution in [0.15, 0.2) is 0 Å². The number of hydrogen-bond donors (Lipinski definition) is 1. The summed E-state index contributed by atoms with van der Waals surface area (Å²) in [6.45, 7) is 4.06. The number of likely N-dealkylation sites (N-methyl/N-ethyl adjacent to an activating group) is 1. The molecule has 0 amide bonds. The van der Waals surface area contributed by atoms with Gasteiger partial charge in [0.2, 0.25) is 0 Å². The lowest BCUT2D eigenvalue weighted by molar-refractivity contribution is 0.0502. The lowest BCUT2D eigenvalue weighted by Gasteiger charge is -2.32. The van der Waals surface area contributed by atoms with Crippen molar-refractivity contribution in [2.24, 2.45) is 0 Å². The van der Waals surface area contributed by atoms with Gasteiger partial charge in [-0.1, -0.05) is 0 Å². The summed E-state index contributed by atoms with van der Waals surface area (Å²) in [6.07, 6.45) is 2.68. The van der Waals surface area contributed by atoms with E-state index in [9.17, 15) is 0 Å². The predicted molar refractivity (Wildman–Crippen MR) is 48.3 cm³/mol. The van der Waals surface area contributed by atoms with Crippen LogP contribution in [-0.4, -0.2) is 50.3 Å². The molecule has 2 heterocycles. The summed E-state index contributed by atoms with van der Waals surface area (Å²) in [5.41, 5.74) is 0. The van der Waals surface area contributed by atoms with Gasteiger partial charge in [-0.3, -0.25) is 0 Å². The number of rotatable bonds is 1. The lowest BCUT2D eigenvalue weighted by atomic mass is 10.1. The SMILES string of the molecule is CN1CCC[C@H]1[C@H]1COCCN1. The average molecular weight is 170 g/mol. The number of nitrogens with one attached hydrogen (secondary N) is 1. The van der Waals surface area contributed by atoms with Crippen molar-refractivity contribution < 1.29 is 4.74 Å². The Morgan fingerprint density at radius 1 is 1.50 bits per heavy atom. The zero-order valence-electron chi connectivity index (χ0n) is 7.75. The molecule has 0 bridgehead atoms. The van der Waals surface area contributed by atoms with Crippen molar-refractivity contribution in [2.45, 2.75) is 24.9 Å². The monoisotopic (exact) mass is 170 g/mol. The molecule has 0 spiro atoms. The molecule has 2 saturated heterocycles. The molecule has 0 unspecified atom stereocenters. The molecule has 2 rings (SSSR count). The molecule has 70 valence electrons. The third-order valence-corrected chi connectivity index (χ3v) is 2.99. The quantitative estimate of drug-likeness (QED) is 0.602. The molecule has 3 heteroatoms. The number of likely N-dealkylation sites (tertiary alicyclic amines) is 1. The molecule has 1 N–H and O–H groups in total. The summed E-state index contributed by atoms with van der Waals surface area (Å²) in [7, 11) is 2.22. The van der Waals surface area contributed by atoms with Crippen LogP contribution in [0.4, 0.5) is 0 Å². The summed E-state index contributed by atoms with van der Waals surface area (Å²) >= 11 is 0. The van der Waals surface area contributed by atoms with Crippen LogP contribution in [0.2, 0.25) is 0 Å². The molecular weight excluding hydrogens is 152 g/mol. The molecule has 0 aromatic carbocycles. The maximum absolute atomic E-state index is 5.45. The smallest absolute Gasteiger partial charge is 0.0635 e. The van der Waals surface area contributed by atoms with Gasteiger partial charge in [0.25, 0.3) is 0 Å². The normalized spacial score (nSPS) is 38.8. The number of hydrogen-bond acceptors (Lipinski definition) is 3. The van der Waals surface area contributed by atoms with E-state index < -0.39 is 0 Å². The van der Waals surface area contributed by atoms with Gasteiger partial charge in [-0.25, -0.2) is 0 Å². The Hall–Kier alpha value is -0.120. The number of ether oxygens (including phenoxy) is 1. The van der Waals surface area contributed by atoms with Crippen molar-refractivity contribution in [1.82, 2.24) is 10.2 Å². The fourth-order valence-corrected chi connectivity index (χ4v) is 2.28. The minimum absolute atomic E-state index is 0.575. The first kappa shape index (κ1) is 8.48. The molecule has 3 nitrogen and oxygen atoms in total. The molecule has 2 atom stereocenters. The van der Waals surface area contributed by atoms with E-state index in [1.165, 1.54) is 19.4 Å². The second-order valence-corrected chi connectivity index (χ2v) is 3.83. The van der Waals surface area contributed by atoms with Crippen LogP contribution in [0, 0.1) is 0 Å². The van der Waals surface area contributed by atoms with E-state index in [4.69, 9.17) is 4.74 Å². The molecule has 0 aromatic rings. The summed E-state index contributed by atoms with van der Waals surface area (Å²) in [5.74, 6) is 0. The maximum Gasteiger partial charge on any atom is 0.0635 e. The van der Waals surface area contributed by atoms with E-state index in [0.717, 1.165) is 19.8 Å². The first-order valence-corrected chi connectivity index (χ1v) is 4.89. The highest BCUT2D eigenvalue weighted by molar-refractivity contribution is 4.88. The summed E-state index contributed by atoms with van der Waals surface area (Å²) in [5, 5.41) is 3.52. The molecule has 2 aliphatic heterocycles. The molecule has 0 radical (unpaired) electrons. The highest BCUT2D eigenvalue weighted by Gasteiger charge is 2.30. The number of morpholine rings is 1. The molecule has 2 aliphatic rings. The fourth-order valence-electron chi connectivity index (χ4n) is 2.28. The van der Waals surface area contributed by atoms with Crippen LogP contribution >= 0.6 is 0 Å². The Balaban J connectivity index is 1.89. The predicted octanol–water partition coefficient (Wildman–Crippen LogP) is 0.0690. The van der Waals surface area contributed by atoms with Gasteiger partial charge < -0.3 is 15.0 Å². The van der Waals surface area contributed by atoms with Gasteiger partial charge in [0.1, 0.15) is 0 Å². The topological polar surface area (TPSA) is 24.5 Å². The highest BCUT2D eigenvalue weighted by Crippen LogP contribution is 2.19. The van der Waals surface area contributed by atoms with Gasteiger partial charge in [-0.2, -0.15) is 0 Å². The molecule has 0 aliphatic carbocycles. The van der Waals surface area contributed by atoms with Crippen LogP contribution in [-0.2, 0) is 4.74 Å². The third-order valence-electron chi connectivity index (χ3n) is 2.99. The second kappa shape index (κ2) is 3.73. The van der Waals surface area contributed by atoms with E-state index >= 15 is 0 Å². The summed E-state index contributed by atoms with van der Waals surface area (Å²) < 4.78 is 5.45. The van der Waals surface area contributed by atoms with E-state index in [2.05, 4.69) is 17.3 Å². The zero-order valence-corrected chi connectivity index (χ0v) is 7.75. The Kier molecular flexibility index (Phi) is 2.63. The van der Waals surface area contributed by atoms with Crippen LogP contribution in [0.5, 0.6) is 0 Å². The minimum Gasteiger partial charge on any atom is -0.378 e. The van der Waals surface area contributed by atoms with Crippen molar-refractivity contribution in [3.63, 3.8) is 0 Å². The molecule has 12 heavy (non-hydrogen) atoms. The largest absolute Gasteiger partial charge is 0.378 e. The average Bonchev–Trinajstić information content (AvgIpc) is 2.53. The van der Waals surface area contributed by atoms with Crippen LogP contribution < -0.4 is 5.32 Å². The summed E-state index contributed by atoms with van der Waals surface area (Å²) in [4.78, 5) is 2.45. The maximum atomic E-state index is 5.45. The summed E-state index contributed by atoms with van der Waals surface area (Å²) in [6, 6.07) is 1.29. The van der Waals surface area contributed by atoms with Crippen LogP contribution in [0.3, 0.4) is 0 Å². The first-order chi connectivity index (χ1) is 5.88. The molecule has 0 aromatic heterocycles. The van der Waals surface area contributed by atoms with Crippen molar-refractivity contribution in [2.75, 3.05) is 33.4 Å². The lowest BCUT2D eigenvalue weighted by Crippen LogP contribution is -2.52. The van der Waals surface area contributed by atoms with E-state index in [0.29, 0.717) is 12.1 Å². The van der Waals surface area contributed by atoms with Crippen molar-refractivity contribution in [3.05, 3.63) is 0 Å². The van der Waals surface area contributed by atoms with Gasteiger partial charge >= 0.3 is 0 Å². The molecule has 0 saturated carbocycles. The highest BCUT2D eigenvalue weighted by atomic mass is 16.5.